The van der Waals surface area contributed by atoms with Crippen LogP contribution in [0.15, 0.2) is 12.3 Å². The van der Waals surface area contributed by atoms with Gasteiger partial charge in [-0.25, -0.2) is 4.98 Å². The van der Waals surface area contributed by atoms with Crippen LogP contribution in [0.2, 0.25) is 0 Å². The molecule has 118 valence electrons. The number of nitrogens with one attached hydrogen (secondary N) is 1. The summed E-state index contributed by atoms with van der Waals surface area (Å²) in [6.45, 7) is 10.3. The van der Waals surface area contributed by atoms with Crippen molar-refractivity contribution in [2.75, 3.05) is 31.7 Å². The molecule has 1 fully saturated rings. The van der Waals surface area contributed by atoms with Crippen LogP contribution in [0, 0.1) is 12.8 Å². The van der Waals surface area contributed by atoms with Gasteiger partial charge in [-0.05, 0) is 56.7 Å². The van der Waals surface area contributed by atoms with Crippen LogP contribution in [-0.4, -0.2) is 37.8 Å². The summed E-state index contributed by atoms with van der Waals surface area (Å²) >= 11 is 0. The Bertz CT molecular complexity index is 444. The number of anilines is 1. The van der Waals surface area contributed by atoms with Gasteiger partial charge in [0.2, 0.25) is 0 Å². The van der Waals surface area contributed by atoms with E-state index in [4.69, 9.17) is 9.72 Å². The molecule has 1 N–H and O–H groups in total. The fourth-order valence-electron chi connectivity index (χ4n) is 2.55. The zero-order chi connectivity index (χ0) is 15.2. The van der Waals surface area contributed by atoms with E-state index in [2.05, 4.69) is 37.1 Å². The van der Waals surface area contributed by atoms with E-state index in [-0.39, 0.29) is 0 Å². The molecule has 1 saturated carbocycles. The number of nitrogens with zero attached hydrogens (tertiary/aromatic N) is 2. The van der Waals surface area contributed by atoms with Crippen LogP contribution in [0.5, 0.6) is 0 Å². The minimum atomic E-state index is 0.502. The van der Waals surface area contributed by atoms with Crippen molar-refractivity contribution < 1.29 is 4.74 Å². The molecule has 1 aliphatic carbocycles. The summed E-state index contributed by atoms with van der Waals surface area (Å²) < 4.78 is 5.04. The molecule has 4 heteroatoms. The summed E-state index contributed by atoms with van der Waals surface area (Å²) in [5.74, 6) is 2.03. The molecule has 21 heavy (non-hydrogen) atoms. The highest BCUT2D eigenvalue weighted by molar-refractivity contribution is 5.48. The van der Waals surface area contributed by atoms with Crippen LogP contribution >= 0.6 is 0 Å². The number of pyridine rings is 1. The molecule has 1 heterocycles. The molecule has 2 rings (SSSR count). The van der Waals surface area contributed by atoms with E-state index >= 15 is 0 Å². The number of ether oxygens (including phenoxy) is 1. The van der Waals surface area contributed by atoms with Gasteiger partial charge in [0.05, 0.1) is 6.61 Å². The van der Waals surface area contributed by atoms with Crippen molar-refractivity contribution in [1.29, 1.82) is 0 Å². The Kier molecular flexibility index (Phi) is 6.00. The van der Waals surface area contributed by atoms with Crippen molar-refractivity contribution in [3.8, 4) is 0 Å². The van der Waals surface area contributed by atoms with Crippen molar-refractivity contribution in [1.82, 2.24) is 10.3 Å². The van der Waals surface area contributed by atoms with E-state index in [1.54, 1.807) is 7.11 Å². The van der Waals surface area contributed by atoms with Gasteiger partial charge in [0.1, 0.15) is 5.82 Å². The molecule has 0 radical (unpaired) electrons. The maximum atomic E-state index is 5.04. The van der Waals surface area contributed by atoms with Crippen LogP contribution in [0.1, 0.15) is 37.8 Å². The predicted molar refractivity (Wildman–Crippen MR) is 87.8 cm³/mol. The lowest BCUT2D eigenvalue weighted by atomic mass is 10.1. The number of aromatic nitrogens is 1. The first-order chi connectivity index (χ1) is 10.1. The van der Waals surface area contributed by atoms with Crippen LogP contribution in [0.25, 0.3) is 0 Å². The van der Waals surface area contributed by atoms with E-state index in [0.29, 0.717) is 6.04 Å². The summed E-state index contributed by atoms with van der Waals surface area (Å²) in [6, 6.07) is 2.76. The van der Waals surface area contributed by atoms with E-state index in [9.17, 15) is 0 Å². The van der Waals surface area contributed by atoms with Gasteiger partial charge in [0.25, 0.3) is 0 Å². The lowest BCUT2D eigenvalue weighted by Gasteiger charge is -2.29. The van der Waals surface area contributed by atoms with Gasteiger partial charge in [0, 0.05) is 39.0 Å². The average Bonchev–Trinajstić information content (AvgIpc) is 3.25. The Hall–Kier alpha value is -1.13. The standard InChI is InChI=1S/C17H29N3O/c1-13(2)20(12-15-5-6-15)17-14(3)9-16(11-19-17)10-18-7-8-21-4/h9,11,13,15,18H,5-8,10,12H2,1-4H3. The highest BCUT2D eigenvalue weighted by Gasteiger charge is 2.26. The Labute approximate surface area is 128 Å². The van der Waals surface area contributed by atoms with Crippen molar-refractivity contribution in [2.24, 2.45) is 5.92 Å². The lowest BCUT2D eigenvalue weighted by Crippen LogP contribution is -2.34. The molecular weight excluding hydrogens is 262 g/mol. The second-order valence-corrected chi connectivity index (χ2v) is 6.34. The Morgan fingerprint density at radius 2 is 2.19 bits per heavy atom. The molecule has 0 aromatic carbocycles. The summed E-state index contributed by atoms with van der Waals surface area (Å²) in [6.07, 6.45) is 4.76. The van der Waals surface area contributed by atoms with Gasteiger partial charge in [-0.3, -0.25) is 0 Å². The quantitative estimate of drug-likeness (QED) is 0.710. The maximum absolute atomic E-state index is 5.04. The molecule has 1 aliphatic rings. The molecule has 0 spiro atoms. The monoisotopic (exact) mass is 291 g/mol. The van der Waals surface area contributed by atoms with E-state index in [1.165, 1.54) is 24.0 Å². The van der Waals surface area contributed by atoms with Crippen LogP contribution < -0.4 is 10.2 Å². The number of rotatable bonds is 9. The zero-order valence-corrected chi connectivity index (χ0v) is 13.9. The largest absolute Gasteiger partial charge is 0.383 e. The third-order valence-electron chi connectivity index (χ3n) is 3.97. The van der Waals surface area contributed by atoms with Gasteiger partial charge >= 0.3 is 0 Å². The summed E-state index contributed by atoms with van der Waals surface area (Å²) in [5.41, 5.74) is 2.51. The van der Waals surface area contributed by atoms with E-state index < -0.39 is 0 Å². The second kappa shape index (κ2) is 7.76. The van der Waals surface area contributed by atoms with Gasteiger partial charge in [-0.1, -0.05) is 0 Å². The summed E-state index contributed by atoms with van der Waals surface area (Å²) in [5, 5.41) is 3.36. The molecule has 1 aromatic heterocycles. The highest BCUT2D eigenvalue weighted by atomic mass is 16.5. The molecule has 0 unspecified atom stereocenters. The van der Waals surface area contributed by atoms with Crippen molar-refractivity contribution in [2.45, 2.75) is 46.2 Å². The summed E-state index contributed by atoms with van der Waals surface area (Å²) in [4.78, 5) is 7.19. The zero-order valence-electron chi connectivity index (χ0n) is 13.9. The molecule has 0 bridgehead atoms. The number of hydrogen-bond donors (Lipinski definition) is 1. The molecule has 4 nitrogen and oxygen atoms in total. The minimum Gasteiger partial charge on any atom is -0.383 e. The number of aryl methyl sites for hydroxylation is 1. The smallest absolute Gasteiger partial charge is 0.131 e. The van der Waals surface area contributed by atoms with Crippen molar-refractivity contribution in [3.05, 3.63) is 23.4 Å². The minimum absolute atomic E-state index is 0.502. The SMILES string of the molecule is COCCNCc1cnc(N(CC2CC2)C(C)C)c(C)c1. The topological polar surface area (TPSA) is 37.4 Å². The maximum Gasteiger partial charge on any atom is 0.131 e. The lowest BCUT2D eigenvalue weighted by molar-refractivity contribution is 0.199. The fraction of sp³-hybridized carbons (Fsp3) is 0.706. The first-order valence-electron chi connectivity index (χ1n) is 8.03. The molecule has 0 saturated heterocycles. The van der Waals surface area contributed by atoms with Gasteiger partial charge in [-0.2, -0.15) is 0 Å². The third kappa shape index (κ3) is 4.97. The highest BCUT2D eigenvalue weighted by Crippen LogP contribution is 2.32. The molecule has 1 aromatic rings. The van der Waals surface area contributed by atoms with Gasteiger partial charge in [0.15, 0.2) is 0 Å². The first kappa shape index (κ1) is 16.2. The van der Waals surface area contributed by atoms with E-state index in [0.717, 1.165) is 38.0 Å². The predicted octanol–water partition coefficient (Wildman–Crippen LogP) is 2.75. The number of hydrogen-bond acceptors (Lipinski definition) is 4. The van der Waals surface area contributed by atoms with Crippen LogP contribution in [0.3, 0.4) is 0 Å². The van der Waals surface area contributed by atoms with E-state index in [1.807, 2.05) is 6.20 Å². The van der Waals surface area contributed by atoms with Crippen molar-refractivity contribution in [3.63, 3.8) is 0 Å². The van der Waals surface area contributed by atoms with Gasteiger partial charge in [-0.15, -0.1) is 0 Å². The normalized spacial score (nSPS) is 14.7. The molecule has 0 amide bonds. The van der Waals surface area contributed by atoms with Crippen LogP contribution in [0.4, 0.5) is 5.82 Å². The van der Waals surface area contributed by atoms with Crippen LogP contribution in [-0.2, 0) is 11.3 Å². The Morgan fingerprint density at radius 3 is 2.76 bits per heavy atom. The average molecular weight is 291 g/mol. The molecule has 0 atom stereocenters. The summed E-state index contributed by atoms with van der Waals surface area (Å²) in [7, 11) is 1.72. The molecule has 0 aliphatic heterocycles. The Balaban J connectivity index is 1.99. The third-order valence-corrected chi connectivity index (χ3v) is 3.97. The first-order valence-corrected chi connectivity index (χ1v) is 8.03. The van der Waals surface area contributed by atoms with Gasteiger partial charge < -0.3 is 15.0 Å². The molecular formula is C17H29N3O. The van der Waals surface area contributed by atoms with Crippen molar-refractivity contribution >= 4 is 5.82 Å². The fourth-order valence-corrected chi connectivity index (χ4v) is 2.55. The number of methoxy groups -OCH3 is 1. The Morgan fingerprint density at radius 1 is 1.43 bits per heavy atom. The second-order valence-electron chi connectivity index (χ2n) is 6.34.